The lowest BCUT2D eigenvalue weighted by molar-refractivity contribution is -0.114. The molecule has 7 heteroatoms. The number of carbonyl (C=O) groups excluding carboxylic acids is 1. The summed E-state index contributed by atoms with van der Waals surface area (Å²) in [4.78, 5) is 10.7. The van der Waals surface area contributed by atoms with Crippen molar-refractivity contribution < 1.29 is 4.79 Å². The van der Waals surface area contributed by atoms with Crippen molar-refractivity contribution >= 4 is 28.7 Å². The number of nitrogens with zero attached hydrogens (tertiary/aromatic N) is 2. The number of nitrogens with one attached hydrogen (secondary N) is 1. The third-order valence-corrected chi connectivity index (χ3v) is 2.69. The molecule has 1 amide bonds. The molecule has 0 saturated carbocycles. The number of nitrogen functional groups attached to an aromatic ring is 3. The third-order valence-electron chi connectivity index (χ3n) is 2.69. The molecule has 0 aliphatic rings. The molecule has 7 nitrogen and oxygen atoms in total. The van der Waals surface area contributed by atoms with E-state index in [4.69, 9.17) is 27.7 Å². The second-order valence-electron chi connectivity index (χ2n) is 4.55. The van der Waals surface area contributed by atoms with Gasteiger partial charge in [-0.3, -0.25) is 4.79 Å². The van der Waals surface area contributed by atoms with Crippen molar-refractivity contribution in [3.05, 3.63) is 47.5 Å². The first-order valence-electron chi connectivity index (χ1n) is 6.49. The molecule has 0 aliphatic heterocycles. The maximum absolute atomic E-state index is 10.7. The van der Waals surface area contributed by atoms with Crippen molar-refractivity contribution in [3.8, 4) is 12.1 Å². The Morgan fingerprint density at radius 1 is 0.957 bits per heavy atom. The summed E-state index contributed by atoms with van der Waals surface area (Å²) in [6, 6.07) is 13.5. The topological polar surface area (TPSA) is 155 Å². The SMILES string of the molecule is CC(=O)Nc1ccc(N)c(C#N)c1.N#Cc1cc(N)ccc1N. The molecule has 0 saturated heterocycles. The van der Waals surface area contributed by atoms with E-state index < -0.39 is 0 Å². The minimum Gasteiger partial charge on any atom is -0.399 e. The number of carbonyl (C=O) groups is 1. The normalized spacial score (nSPS) is 8.83. The van der Waals surface area contributed by atoms with Gasteiger partial charge in [-0.25, -0.2) is 0 Å². The highest BCUT2D eigenvalue weighted by molar-refractivity contribution is 5.89. The van der Waals surface area contributed by atoms with E-state index in [0.717, 1.165) is 0 Å². The van der Waals surface area contributed by atoms with Crippen molar-refractivity contribution in [2.24, 2.45) is 0 Å². The molecule has 0 radical (unpaired) electrons. The first-order valence-corrected chi connectivity index (χ1v) is 6.49. The molecule has 2 aromatic carbocycles. The first kappa shape index (κ1) is 17.3. The molecule has 0 fully saturated rings. The van der Waals surface area contributed by atoms with Gasteiger partial charge < -0.3 is 22.5 Å². The van der Waals surface area contributed by atoms with Gasteiger partial charge in [0.25, 0.3) is 0 Å². The minimum absolute atomic E-state index is 0.173. The number of nitriles is 2. The van der Waals surface area contributed by atoms with E-state index in [1.54, 1.807) is 30.3 Å². The summed E-state index contributed by atoms with van der Waals surface area (Å²) < 4.78 is 0. The van der Waals surface area contributed by atoms with E-state index in [9.17, 15) is 4.79 Å². The molecule has 2 rings (SSSR count). The number of rotatable bonds is 1. The molecule has 0 heterocycles. The lowest BCUT2D eigenvalue weighted by Crippen LogP contribution is -2.06. The van der Waals surface area contributed by atoms with Crippen LogP contribution in [0.15, 0.2) is 36.4 Å². The van der Waals surface area contributed by atoms with E-state index in [2.05, 4.69) is 5.32 Å². The molecule has 0 unspecified atom stereocenters. The third kappa shape index (κ3) is 5.29. The molecule has 0 atom stereocenters. The fourth-order valence-electron chi connectivity index (χ4n) is 1.60. The number of benzene rings is 2. The highest BCUT2D eigenvalue weighted by atomic mass is 16.1. The van der Waals surface area contributed by atoms with Crippen molar-refractivity contribution in [2.45, 2.75) is 6.92 Å². The van der Waals surface area contributed by atoms with Crippen LogP contribution in [-0.4, -0.2) is 5.91 Å². The van der Waals surface area contributed by atoms with Crippen LogP contribution in [0.3, 0.4) is 0 Å². The molecular weight excluding hydrogens is 292 g/mol. The molecule has 23 heavy (non-hydrogen) atoms. The Kier molecular flexibility index (Phi) is 5.96. The predicted octanol–water partition coefficient (Wildman–Crippen LogP) is 1.82. The summed E-state index contributed by atoms with van der Waals surface area (Å²) in [6.45, 7) is 1.41. The smallest absolute Gasteiger partial charge is 0.221 e. The lowest BCUT2D eigenvalue weighted by atomic mass is 10.2. The molecule has 2 aromatic rings. The van der Waals surface area contributed by atoms with Gasteiger partial charge in [-0.1, -0.05) is 0 Å². The molecule has 0 spiro atoms. The Hall–Kier alpha value is -3.71. The molecule has 0 aliphatic carbocycles. The second kappa shape index (κ2) is 7.91. The fourth-order valence-corrected chi connectivity index (χ4v) is 1.60. The summed E-state index contributed by atoms with van der Waals surface area (Å²) >= 11 is 0. The van der Waals surface area contributed by atoms with Gasteiger partial charge in [-0.2, -0.15) is 10.5 Å². The highest BCUT2D eigenvalue weighted by Crippen LogP contribution is 2.16. The zero-order chi connectivity index (χ0) is 17.4. The number of hydrogen-bond acceptors (Lipinski definition) is 6. The van der Waals surface area contributed by atoms with Gasteiger partial charge >= 0.3 is 0 Å². The van der Waals surface area contributed by atoms with Gasteiger partial charge in [0.1, 0.15) is 12.1 Å². The Morgan fingerprint density at radius 3 is 1.96 bits per heavy atom. The van der Waals surface area contributed by atoms with Crippen LogP contribution >= 0.6 is 0 Å². The van der Waals surface area contributed by atoms with Crippen LogP contribution in [0.25, 0.3) is 0 Å². The van der Waals surface area contributed by atoms with E-state index >= 15 is 0 Å². The van der Waals surface area contributed by atoms with Gasteiger partial charge in [0.2, 0.25) is 5.91 Å². The Bertz CT molecular complexity index is 801. The zero-order valence-electron chi connectivity index (χ0n) is 12.5. The number of amides is 1. The zero-order valence-corrected chi connectivity index (χ0v) is 12.5. The lowest BCUT2D eigenvalue weighted by Gasteiger charge is -2.03. The largest absolute Gasteiger partial charge is 0.399 e. The standard InChI is InChI=1S/C9H9N3O.C7H7N3/c1-6(13)12-8-2-3-9(11)7(4-8)5-10;8-4-5-3-6(9)1-2-7(5)10/h2-4H,11H2,1H3,(H,12,13);1-3H,9-10H2. The molecule has 0 bridgehead atoms. The molecule has 116 valence electrons. The van der Waals surface area contributed by atoms with Crippen LogP contribution in [0.4, 0.5) is 22.7 Å². The summed E-state index contributed by atoms with van der Waals surface area (Å²) in [5.74, 6) is -0.173. The second-order valence-corrected chi connectivity index (χ2v) is 4.55. The summed E-state index contributed by atoms with van der Waals surface area (Å²) in [5.41, 5.74) is 19.1. The van der Waals surface area contributed by atoms with E-state index in [1.165, 1.54) is 13.0 Å². The van der Waals surface area contributed by atoms with Crippen LogP contribution in [0, 0.1) is 22.7 Å². The summed E-state index contributed by atoms with van der Waals surface area (Å²) in [5, 5.41) is 19.7. The first-order chi connectivity index (χ1) is 10.9. The van der Waals surface area contributed by atoms with Gasteiger partial charge in [-0.05, 0) is 36.4 Å². The minimum atomic E-state index is -0.173. The molecule has 0 aromatic heterocycles. The van der Waals surface area contributed by atoms with Crippen LogP contribution in [0.5, 0.6) is 0 Å². The highest BCUT2D eigenvalue weighted by Gasteiger charge is 2.00. The quantitative estimate of drug-likeness (QED) is 0.589. The Balaban J connectivity index is 0.000000238. The van der Waals surface area contributed by atoms with Crippen LogP contribution in [0.2, 0.25) is 0 Å². The van der Waals surface area contributed by atoms with Gasteiger partial charge in [0.15, 0.2) is 0 Å². The van der Waals surface area contributed by atoms with Gasteiger partial charge in [0, 0.05) is 29.7 Å². The van der Waals surface area contributed by atoms with Crippen molar-refractivity contribution in [1.82, 2.24) is 0 Å². The average Bonchev–Trinajstić information content (AvgIpc) is 2.51. The van der Waals surface area contributed by atoms with Crippen LogP contribution in [0.1, 0.15) is 18.1 Å². The van der Waals surface area contributed by atoms with Crippen LogP contribution < -0.4 is 22.5 Å². The van der Waals surface area contributed by atoms with E-state index in [1.807, 2.05) is 12.1 Å². The number of anilines is 4. The van der Waals surface area contributed by atoms with Crippen molar-refractivity contribution in [1.29, 1.82) is 10.5 Å². The summed E-state index contributed by atoms with van der Waals surface area (Å²) in [6.07, 6.45) is 0. The molecule has 7 N–H and O–H groups in total. The molecular formula is C16H16N6O. The van der Waals surface area contributed by atoms with E-state index in [0.29, 0.717) is 33.9 Å². The maximum Gasteiger partial charge on any atom is 0.221 e. The average molecular weight is 308 g/mol. The van der Waals surface area contributed by atoms with Crippen LogP contribution in [-0.2, 0) is 4.79 Å². The van der Waals surface area contributed by atoms with Crippen molar-refractivity contribution in [2.75, 3.05) is 22.5 Å². The monoisotopic (exact) mass is 308 g/mol. The fraction of sp³-hybridized carbons (Fsp3) is 0.0625. The van der Waals surface area contributed by atoms with Gasteiger partial charge in [-0.15, -0.1) is 0 Å². The Labute approximate surface area is 133 Å². The Morgan fingerprint density at radius 2 is 1.48 bits per heavy atom. The predicted molar refractivity (Wildman–Crippen MR) is 89.9 cm³/mol. The van der Waals surface area contributed by atoms with E-state index in [-0.39, 0.29) is 5.91 Å². The number of hydrogen-bond donors (Lipinski definition) is 4. The maximum atomic E-state index is 10.7. The summed E-state index contributed by atoms with van der Waals surface area (Å²) in [7, 11) is 0. The van der Waals surface area contributed by atoms with Crippen molar-refractivity contribution in [3.63, 3.8) is 0 Å². The number of nitrogens with two attached hydrogens (primary N) is 3. The van der Waals surface area contributed by atoms with Gasteiger partial charge in [0.05, 0.1) is 11.1 Å².